The van der Waals surface area contributed by atoms with Gasteiger partial charge in [-0.15, -0.1) is 6.58 Å². The molecule has 3 rings (SSSR count). The molecule has 2 aromatic carbocycles. The first-order valence-electron chi connectivity index (χ1n) is 9.82. The van der Waals surface area contributed by atoms with Crippen molar-refractivity contribution in [2.75, 3.05) is 45.3 Å². The zero-order chi connectivity index (χ0) is 22.3. The van der Waals surface area contributed by atoms with Gasteiger partial charge in [0.2, 0.25) is 10.0 Å². The highest BCUT2D eigenvalue weighted by Gasteiger charge is 2.26. The summed E-state index contributed by atoms with van der Waals surface area (Å²) < 4.78 is 42.8. The summed E-state index contributed by atoms with van der Waals surface area (Å²) in [6, 6.07) is 11.5. The fourth-order valence-corrected chi connectivity index (χ4v) is 4.52. The molecule has 0 spiro atoms. The smallest absolute Gasteiger partial charge is 0.262 e. The zero-order valence-electron chi connectivity index (χ0n) is 17.4. The lowest BCUT2D eigenvalue weighted by Crippen LogP contribution is -2.40. The summed E-state index contributed by atoms with van der Waals surface area (Å²) in [5.74, 6) is 0.614. The average molecular weight is 447 g/mol. The first-order valence-corrected chi connectivity index (χ1v) is 11.3. The molecular weight excluding hydrogens is 420 g/mol. The lowest BCUT2D eigenvalue weighted by molar-refractivity contribution is -0.118. The van der Waals surface area contributed by atoms with Crippen LogP contribution >= 0.6 is 0 Å². The predicted molar refractivity (Wildman–Crippen MR) is 117 cm³/mol. The fraction of sp³-hybridized carbons (Fsp3) is 0.318. The van der Waals surface area contributed by atoms with Crippen molar-refractivity contribution in [2.24, 2.45) is 0 Å². The van der Waals surface area contributed by atoms with Crippen LogP contribution in [0.2, 0.25) is 0 Å². The Labute approximate surface area is 182 Å². The van der Waals surface area contributed by atoms with Crippen LogP contribution in [0.4, 0.5) is 5.69 Å². The highest BCUT2D eigenvalue weighted by Crippen LogP contribution is 2.28. The van der Waals surface area contributed by atoms with Crippen LogP contribution < -0.4 is 14.8 Å². The first-order chi connectivity index (χ1) is 14.9. The van der Waals surface area contributed by atoms with E-state index in [1.807, 2.05) is 12.1 Å². The summed E-state index contributed by atoms with van der Waals surface area (Å²) in [6.45, 7) is 4.92. The quantitative estimate of drug-likeness (QED) is 0.595. The van der Waals surface area contributed by atoms with Gasteiger partial charge in [0.1, 0.15) is 0 Å². The van der Waals surface area contributed by atoms with Crippen LogP contribution in [0.5, 0.6) is 11.5 Å². The van der Waals surface area contributed by atoms with E-state index in [1.54, 1.807) is 24.3 Å². The lowest BCUT2D eigenvalue weighted by Gasteiger charge is -2.26. The van der Waals surface area contributed by atoms with Gasteiger partial charge < -0.3 is 19.5 Å². The second kappa shape index (κ2) is 10.4. The summed E-state index contributed by atoms with van der Waals surface area (Å²) in [6.07, 6.45) is 2.49. The molecule has 1 saturated heterocycles. The highest BCUT2D eigenvalue weighted by molar-refractivity contribution is 7.89. The van der Waals surface area contributed by atoms with E-state index in [9.17, 15) is 13.2 Å². The van der Waals surface area contributed by atoms with Gasteiger partial charge >= 0.3 is 0 Å². The number of carbonyl (C=O) groups excluding carboxylic acids is 1. The second-order valence-electron chi connectivity index (χ2n) is 6.86. The van der Waals surface area contributed by atoms with Crippen LogP contribution in [0.15, 0.2) is 60.0 Å². The Balaban J connectivity index is 1.58. The van der Waals surface area contributed by atoms with E-state index in [0.29, 0.717) is 49.9 Å². The molecule has 9 heteroatoms. The van der Waals surface area contributed by atoms with Crippen LogP contribution in [0.1, 0.15) is 5.56 Å². The molecule has 31 heavy (non-hydrogen) atoms. The molecule has 8 nitrogen and oxygen atoms in total. The molecule has 1 amide bonds. The van der Waals surface area contributed by atoms with Gasteiger partial charge in [0.05, 0.1) is 25.2 Å². The third-order valence-electron chi connectivity index (χ3n) is 4.71. The monoisotopic (exact) mass is 446 g/mol. The molecule has 2 aromatic rings. The van der Waals surface area contributed by atoms with Gasteiger partial charge in [-0.25, -0.2) is 8.42 Å². The first kappa shape index (κ1) is 22.8. The number of hydrogen-bond donors (Lipinski definition) is 1. The van der Waals surface area contributed by atoms with Crippen LogP contribution in [-0.4, -0.2) is 58.7 Å². The molecule has 166 valence electrons. The molecular formula is C22H26N2O6S. The Kier molecular flexibility index (Phi) is 7.67. The fourth-order valence-electron chi connectivity index (χ4n) is 3.11. The number of nitrogens with zero attached hydrogens (tertiary/aromatic N) is 1. The third-order valence-corrected chi connectivity index (χ3v) is 6.63. The Morgan fingerprint density at radius 1 is 1.16 bits per heavy atom. The topological polar surface area (TPSA) is 94.2 Å². The maximum absolute atomic E-state index is 12.7. The molecule has 1 aliphatic rings. The molecule has 0 radical (unpaired) electrons. The van der Waals surface area contributed by atoms with E-state index in [4.69, 9.17) is 14.2 Å². The Hall–Kier alpha value is -2.88. The standard InChI is InChI=1S/C22H26N2O6S/c1-3-4-17-5-10-20(21(15-17)28-2)30-16-22(25)23-18-6-8-19(9-7-18)31(26,27)24-11-13-29-14-12-24/h3,5-10,15H,1,4,11-14,16H2,2H3,(H,23,25). The Bertz CT molecular complexity index is 1010. The van der Waals surface area contributed by atoms with E-state index < -0.39 is 10.0 Å². The SMILES string of the molecule is C=CCc1ccc(OCC(=O)Nc2ccc(S(=O)(=O)N3CCOCC3)cc2)c(OC)c1. The van der Waals surface area contributed by atoms with Crippen LogP contribution in [0, 0.1) is 0 Å². The lowest BCUT2D eigenvalue weighted by atomic mass is 10.1. The summed E-state index contributed by atoms with van der Waals surface area (Å²) in [5.41, 5.74) is 1.50. The largest absolute Gasteiger partial charge is 0.493 e. The van der Waals surface area contributed by atoms with Crippen LogP contribution in [0.25, 0.3) is 0 Å². The summed E-state index contributed by atoms with van der Waals surface area (Å²) >= 11 is 0. The van der Waals surface area contributed by atoms with Gasteiger partial charge in [-0.05, 0) is 48.4 Å². The van der Waals surface area contributed by atoms with Gasteiger partial charge in [0.15, 0.2) is 18.1 Å². The normalized spacial score (nSPS) is 14.6. The number of carbonyl (C=O) groups is 1. The minimum atomic E-state index is -3.57. The van der Waals surface area contributed by atoms with E-state index in [-0.39, 0.29) is 17.4 Å². The maximum atomic E-state index is 12.7. The van der Waals surface area contributed by atoms with Crippen molar-refractivity contribution < 1.29 is 27.4 Å². The molecule has 0 atom stereocenters. The molecule has 0 saturated carbocycles. The average Bonchev–Trinajstić information content (AvgIpc) is 2.79. The number of anilines is 1. The predicted octanol–water partition coefficient (Wildman–Crippen LogP) is 2.46. The molecule has 0 aromatic heterocycles. The summed E-state index contributed by atoms with van der Waals surface area (Å²) in [5, 5.41) is 2.69. The van der Waals surface area contributed by atoms with Crippen molar-refractivity contribution in [1.29, 1.82) is 0 Å². The number of allylic oxidation sites excluding steroid dienone is 1. The maximum Gasteiger partial charge on any atom is 0.262 e. The molecule has 0 bridgehead atoms. The highest BCUT2D eigenvalue weighted by atomic mass is 32.2. The third kappa shape index (κ3) is 5.84. The number of sulfonamides is 1. The number of methoxy groups -OCH3 is 1. The molecule has 0 unspecified atom stereocenters. The van der Waals surface area contributed by atoms with E-state index in [2.05, 4.69) is 11.9 Å². The number of ether oxygens (including phenoxy) is 3. The van der Waals surface area contributed by atoms with Crippen LogP contribution in [0.3, 0.4) is 0 Å². The van der Waals surface area contributed by atoms with Crippen molar-refractivity contribution >= 4 is 21.6 Å². The van der Waals surface area contributed by atoms with Gasteiger partial charge in [-0.1, -0.05) is 12.1 Å². The van der Waals surface area contributed by atoms with E-state index in [1.165, 1.54) is 23.5 Å². The number of hydrogen-bond acceptors (Lipinski definition) is 6. The Morgan fingerprint density at radius 3 is 2.52 bits per heavy atom. The van der Waals surface area contributed by atoms with Crippen molar-refractivity contribution in [3.8, 4) is 11.5 Å². The minimum absolute atomic E-state index is 0.174. The molecule has 0 aliphatic carbocycles. The van der Waals surface area contributed by atoms with E-state index in [0.717, 1.165) is 5.56 Å². The van der Waals surface area contributed by atoms with Gasteiger partial charge in [-0.2, -0.15) is 4.31 Å². The second-order valence-corrected chi connectivity index (χ2v) is 8.79. The van der Waals surface area contributed by atoms with Crippen molar-refractivity contribution in [3.63, 3.8) is 0 Å². The van der Waals surface area contributed by atoms with Gasteiger partial charge in [0.25, 0.3) is 5.91 Å². The molecule has 1 fully saturated rings. The minimum Gasteiger partial charge on any atom is -0.493 e. The van der Waals surface area contributed by atoms with Gasteiger partial charge in [-0.3, -0.25) is 4.79 Å². The number of morpholine rings is 1. The summed E-state index contributed by atoms with van der Waals surface area (Å²) in [7, 11) is -2.04. The van der Waals surface area contributed by atoms with E-state index >= 15 is 0 Å². The Morgan fingerprint density at radius 2 is 1.87 bits per heavy atom. The molecule has 1 heterocycles. The zero-order valence-corrected chi connectivity index (χ0v) is 18.2. The summed E-state index contributed by atoms with van der Waals surface area (Å²) in [4.78, 5) is 12.4. The number of nitrogens with one attached hydrogen (secondary N) is 1. The number of rotatable bonds is 9. The number of benzene rings is 2. The molecule has 1 aliphatic heterocycles. The molecule has 1 N–H and O–H groups in total. The van der Waals surface area contributed by atoms with Crippen molar-refractivity contribution in [3.05, 3.63) is 60.7 Å². The van der Waals surface area contributed by atoms with Crippen molar-refractivity contribution in [2.45, 2.75) is 11.3 Å². The van der Waals surface area contributed by atoms with Gasteiger partial charge in [0, 0.05) is 18.8 Å². The number of amides is 1. The van der Waals surface area contributed by atoms with Crippen molar-refractivity contribution in [1.82, 2.24) is 4.31 Å². The van der Waals surface area contributed by atoms with Crippen LogP contribution in [-0.2, 0) is 26.0 Å².